The van der Waals surface area contributed by atoms with E-state index in [-0.39, 0.29) is 5.70 Å². The number of allylic oxidation sites excluding steroid dienone is 1. The van der Waals surface area contributed by atoms with Crippen molar-refractivity contribution >= 4 is 17.8 Å². The molecule has 1 saturated heterocycles. The van der Waals surface area contributed by atoms with Gasteiger partial charge in [-0.05, 0) is 12.5 Å². The van der Waals surface area contributed by atoms with Crippen LogP contribution in [0.5, 0.6) is 0 Å². The number of benzene rings is 1. The highest BCUT2D eigenvalue weighted by molar-refractivity contribution is 5.99. The van der Waals surface area contributed by atoms with Crippen molar-refractivity contribution in [1.29, 1.82) is 0 Å². The third-order valence-electron chi connectivity index (χ3n) is 3.23. The van der Waals surface area contributed by atoms with Crippen molar-refractivity contribution < 1.29 is 24.2 Å². The monoisotopic (exact) mass is 289 g/mol. The third-order valence-corrected chi connectivity index (χ3v) is 3.23. The van der Waals surface area contributed by atoms with Gasteiger partial charge in [-0.2, -0.15) is 0 Å². The minimum atomic E-state index is -1.20. The van der Waals surface area contributed by atoms with E-state index in [0.717, 1.165) is 4.90 Å². The maximum Gasteiger partial charge on any atom is 0.352 e. The van der Waals surface area contributed by atoms with Crippen LogP contribution in [-0.2, 0) is 19.1 Å². The van der Waals surface area contributed by atoms with Gasteiger partial charge in [0.15, 0.2) is 0 Å². The average molecular weight is 289 g/mol. The van der Waals surface area contributed by atoms with E-state index in [0.29, 0.717) is 5.56 Å². The summed E-state index contributed by atoms with van der Waals surface area (Å²) >= 11 is 0. The lowest BCUT2D eigenvalue weighted by Crippen LogP contribution is -2.60. The van der Waals surface area contributed by atoms with Crippen LogP contribution in [0.4, 0.5) is 0 Å². The third kappa shape index (κ3) is 2.65. The molecule has 110 valence electrons. The van der Waals surface area contributed by atoms with E-state index in [1.807, 2.05) is 6.07 Å². The van der Waals surface area contributed by atoms with Crippen molar-refractivity contribution in [2.45, 2.75) is 26.0 Å². The molecular weight excluding hydrogens is 274 g/mol. The fourth-order valence-electron chi connectivity index (χ4n) is 2.36. The highest BCUT2D eigenvalue weighted by atomic mass is 16.6. The molecule has 1 aromatic rings. The van der Waals surface area contributed by atoms with Gasteiger partial charge in [0, 0.05) is 6.92 Å². The van der Waals surface area contributed by atoms with Crippen molar-refractivity contribution in [3.8, 4) is 0 Å². The molecule has 2 rings (SSSR count). The second-order valence-electron chi connectivity index (χ2n) is 4.57. The number of rotatable bonds is 4. The van der Waals surface area contributed by atoms with Gasteiger partial charge in [0.1, 0.15) is 11.7 Å². The first-order valence-corrected chi connectivity index (χ1v) is 6.42. The Balaban J connectivity index is 2.39. The van der Waals surface area contributed by atoms with Gasteiger partial charge in [-0.3, -0.25) is 14.5 Å². The van der Waals surface area contributed by atoms with Gasteiger partial charge in [0.05, 0.1) is 0 Å². The molecule has 6 nitrogen and oxygen atoms in total. The predicted molar refractivity (Wildman–Crippen MR) is 73.0 cm³/mol. The standard InChI is InChI=1S/C15H15NO5/c1-3-11(15(19)20)16-12(10-7-5-4-6-8-10)13(14(16)18)21-9(2)17/h3-8,12-13H,1-2H3,(H,19,20)/t12-,13+/m0/s1. The summed E-state index contributed by atoms with van der Waals surface area (Å²) < 4.78 is 5.02. The molecule has 1 amide bonds. The quantitative estimate of drug-likeness (QED) is 0.516. The first kappa shape index (κ1) is 14.8. The van der Waals surface area contributed by atoms with Crippen molar-refractivity contribution in [3.05, 3.63) is 47.7 Å². The first-order valence-electron chi connectivity index (χ1n) is 6.42. The van der Waals surface area contributed by atoms with Gasteiger partial charge in [0.2, 0.25) is 6.10 Å². The molecule has 1 aliphatic rings. The molecule has 1 fully saturated rings. The van der Waals surface area contributed by atoms with Gasteiger partial charge in [-0.1, -0.05) is 36.4 Å². The molecule has 0 aromatic heterocycles. The minimum Gasteiger partial charge on any atom is -0.477 e. The number of amides is 1. The number of aliphatic carboxylic acids is 1. The SMILES string of the molecule is CC=C(C(=O)O)N1C(=O)[C@H](OC(C)=O)[C@@H]1c1ccccc1. The van der Waals surface area contributed by atoms with Crippen molar-refractivity contribution in [1.82, 2.24) is 4.90 Å². The number of β-lactam (4-membered cyclic amide) rings is 1. The number of hydrogen-bond donors (Lipinski definition) is 1. The van der Waals surface area contributed by atoms with E-state index in [4.69, 9.17) is 4.74 Å². The fraction of sp³-hybridized carbons (Fsp3) is 0.267. The maximum absolute atomic E-state index is 12.1. The zero-order chi connectivity index (χ0) is 15.6. The van der Waals surface area contributed by atoms with Crippen LogP contribution in [-0.4, -0.2) is 34.0 Å². The molecule has 6 heteroatoms. The number of esters is 1. The highest BCUT2D eigenvalue weighted by Gasteiger charge is 2.53. The summed E-state index contributed by atoms with van der Waals surface area (Å²) in [5.41, 5.74) is 0.584. The summed E-state index contributed by atoms with van der Waals surface area (Å²) in [7, 11) is 0. The fourth-order valence-corrected chi connectivity index (χ4v) is 2.36. The molecule has 0 saturated carbocycles. The molecule has 1 aliphatic heterocycles. The smallest absolute Gasteiger partial charge is 0.352 e. The van der Waals surface area contributed by atoms with E-state index < -0.39 is 30.0 Å². The first-order chi connectivity index (χ1) is 9.97. The number of ether oxygens (including phenoxy) is 1. The number of carbonyl (C=O) groups is 3. The van der Waals surface area contributed by atoms with Crippen LogP contribution in [0.2, 0.25) is 0 Å². The summed E-state index contributed by atoms with van der Waals surface area (Å²) in [5.74, 6) is -2.31. The van der Waals surface area contributed by atoms with Crippen LogP contribution >= 0.6 is 0 Å². The van der Waals surface area contributed by atoms with E-state index in [1.54, 1.807) is 24.3 Å². The van der Waals surface area contributed by atoms with E-state index in [1.165, 1.54) is 19.9 Å². The number of hydrogen-bond acceptors (Lipinski definition) is 4. The van der Waals surface area contributed by atoms with Crippen LogP contribution in [0.1, 0.15) is 25.5 Å². The topological polar surface area (TPSA) is 83.9 Å². The summed E-state index contributed by atoms with van der Waals surface area (Å²) in [6.45, 7) is 2.75. The molecule has 0 radical (unpaired) electrons. The van der Waals surface area contributed by atoms with E-state index >= 15 is 0 Å². The largest absolute Gasteiger partial charge is 0.477 e. The Labute approximate surface area is 121 Å². The van der Waals surface area contributed by atoms with Gasteiger partial charge >= 0.3 is 11.9 Å². The van der Waals surface area contributed by atoms with Crippen LogP contribution in [0.15, 0.2) is 42.1 Å². The second-order valence-corrected chi connectivity index (χ2v) is 4.57. The number of carbonyl (C=O) groups excluding carboxylic acids is 2. The molecule has 0 spiro atoms. The average Bonchev–Trinajstić information content (AvgIpc) is 2.45. The van der Waals surface area contributed by atoms with Crippen molar-refractivity contribution in [3.63, 3.8) is 0 Å². The Hall–Kier alpha value is -2.63. The molecule has 0 bridgehead atoms. The highest BCUT2D eigenvalue weighted by Crippen LogP contribution is 2.40. The lowest BCUT2D eigenvalue weighted by molar-refractivity contribution is -0.180. The van der Waals surface area contributed by atoms with Gasteiger partial charge in [-0.15, -0.1) is 0 Å². The Morgan fingerprint density at radius 2 is 1.90 bits per heavy atom. The van der Waals surface area contributed by atoms with Crippen LogP contribution < -0.4 is 0 Å². The molecule has 21 heavy (non-hydrogen) atoms. The maximum atomic E-state index is 12.1. The Kier molecular flexibility index (Phi) is 4.07. The molecule has 1 N–H and O–H groups in total. The molecule has 1 aromatic carbocycles. The van der Waals surface area contributed by atoms with Gasteiger partial charge in [-0.25, -0.2) is 4.79 Å². The lowest BCUT2D eigenvalue weighted by Gasteiger charge is -2.46. The molecule has 1 heterocycles. The number of likely N-dealkylation sites (tertiary alicyclic amines) is 1. The summed E-state index contributed by atoms with van der Waals surface area (Å²) in [6, 6.07) is 8.26. The normalized spacial score (nSPS) is 21.7. The summed E-state index contributed by atoms with van der Waals surface area (Å²) in [6.07, 6.45) is 0.361. The minimum absolute atomic E-state index is 0.128. The van der Waals surface area contributed by atoms with Crippen LogP contribution in [0.25, 0.3) is 0 Å². The zero-order valence-electron chi connectivity index (χ0n) is 11.6. The zero-order valence-corrected chi connectivity index (χ0v) is 11.6. The molecule has 0 aliphatic carbocycles. The van der Waals surface area contributed by atoms with Gasteiger partial charge < -0.3 is 9.84 Å². The Morgan fingerprint density at radius 1 is 1.29 bits per heavy atom. The molecular formula is C15H15NO5. The Bertz CT molecular complexity index is 608. The van der Waals surface area contributed by atoms with E-state index in [2.05, 4.69) is 0 Å². The second kappa shape index (κ2) is 5.78. The number of nitrogens with zero attached hydrogens (tertiary/aromatic N) is 1. The number of carboxylic acid groups (broad SMARTS) is 1. The summed E-state index contributed by atoms with van der Waals surface area (Å²) in [5, 5.41) is 9.19. The number of carboxylic acids is 1. The van der Waals surface area contributed by atoms with Crippen molar-refractivity contribution in [2.24, 2.45) is 0 Å². The van der Waals surface area contributed by atoms with Crippen molar-refractivity contribution in [2.75, 3.05) is 0 Å². The van der Waals surface area contributed by atoms with Crippen LogP contribution in [0, 0.1) is 0 Å². The molecule has 2 atom stereocenters. The molecule has 0 unspecified atom stereocenters. The Morgan fingerprint density at radius 3 is 2.38 bits per heavy atom. The van der Waals surface area contributed by atoms with Gasteiger partial charge in [0.25, 0.3) is 5.91 Å². The lowest BCUT2D eigenvalue weighted by atomic mass is 9.89. The predicted octanol–water partition coefficient (Wildman–Crippen LogP) is 1.49. The van der Waals surface area contributed by atoms with Crippen LogP contribution in [0.3, 0.4) is 0 Å². The summed E-state index contributed by atoms with van der Waals surface area (Å²) in [4.78, 5) is 35.6. The van der Waals surface area contributed by atoms with E-state index in [9.17, 15) is 19.5 Å².